The number of carbonyl (C=O) groups is 1. The van der Waals surface area contributed by atoms with Crippen LogP contribution in [0.25, 0.3) is 0 Å². The van der Waals surface area contributed by atoms with E-state index in [1.807, 2.05) is 29.8 Å². The van der Waals surface area contributed by atoms with Crippen molar-refractivity contribution in [2.24, 2.45) is 0 Å². The zero-order valence-corrected chi connectivity index (χ0v) is 19.0. The zero-order chi connectivity index (χ0) is 22.1. The highest BCUT2D eigenvalue weighted by atomic mass is 32.1. The molecule has 0 spiro atoms. The van der Waals surface area contributed by atoms with Crippen molar-refractivity contribution < 1.29 is 4.79 Å². The van der Waals surface area contributed by atoms with Crippen molar-refractivity contribution in [3.05, 3.63) is 79.4 Å². The van der Waals surface area contributed by atoms with E-state index in [4.69, 9.17) is 4.98 Å². The summed E-state index contributed by atoms with van der Waals surface area (Å²) in [5.74, 6) is 0.979. The first kappa shape index (κ1) is 21.0. The van der Waals surface area contributed by atoms with Crippen molar-refractivity contribution in [1.29, 1.82) is 0 Å². The Morgan fingerprint density at radius 1 is 1.28 bits per heavy atom. The first-order chi connectivity index (χ1) is 15.6. The molecule has 1 atom stereocenters. The number of nitrogens with zero attached hydrogens (tertiary/aromatic N) is 4. The predicted octanol–water partition coefficient (Wildman–Crippen LogP) is 3.11. The van der Waals surface area contributed by atoms with Gasteiger partial charge in [0.25, 0.3) is 11.5 Å². The van der Waals surface area contributed by atoms with E-state index >= 15 is 0 Å². The van der Waals surface area contributed by atoms with Gasteiger partial charge in [-0.1, -0.05) is 12.1 Å². The van der Waals surface area contributed by atoms with E-state index in [1.165, 1.54) is 16.9 Å². The van der Waals surface area contributed by atoms with Crippen LogP contribution in [0.3, 0.4) is 0 Å². The number of thiophene rings is 1. The average molecular weight is 450 g/mol. The average Bonchev–Trinajstić information content (AvgIpc) is 3.35. The highest BCUT2D eigenvalue weighted by molar-refractivity contribution is 7.12. The fraction of sp³-hybridized carbons (Fsp3) is 0.417. The molecule has 0 aliphatic carbocycles. The lowest BCUT2D eigenvalue weighted by atomic mass is 9.96. The second kappa shape index (κ2) is 8.96. The molecule has 7 nitrogen and oxygen atoms in total. The number of nitrogens with one attached hydrogen (secondary N) is 1. The van der Waals surface area contributed by atoms with Gasteiger partial charge in [0, 0.05) is 38.2 Å². The van der Waals surface area contributed by atoms with Gasteiger partial charge in [0.2, 0.25) is 0 Å². The van der Waals surface area contributed by atoms with Crippen molar-refractivity contribution in [3.8, 4) is 0 Å². The van der Waals surface area contributed by atoms with Crippen molar-refractivity contribution in [2.75, 3.05) is 19.6 Å². The number of likely N-dealkylation sites (tertiary alicyclic amines) is 1. The van der Waals surface area contributed by atoms with E-state index in [0.717, 1.165) is 49.7 Å². The SMILES string of the molecule is Cc1cccnc1CN1CCC[C@H](c2nc3c(c(=O)[nH]2)CN(C(=O)c2cccs2)CC3)C1. The van der Waals surface area contributed by atoms with Crippen LogP contribution in [0.1, 0.15) is 56.8 Å². The molecule has 166 valence electrons. The summed E-state index contributed by atoms with van der Waals surface area (Å²) in [6.45, 7) is 5.72. The van der Waals surface area contributed by atoms with Crippen LogP contribution in [0.4, 0.5) is 0 Å². The van der Waals surface area contributed by atoms with Crippen LogP contribution in [0.2, 0.25) is 0 Å². The van der Waals surface area contributed by atoms with Crippen molar-refractivity contribution in [3.63, 3.8) is 0 Å². The molecule has 2 aliphatic heterocycles. The summed E-state index contributed by atoms with van der Waals surface area (Å²) in [5.41, 5.74) is 3.68. The highest BCUT2D eigenvalue weighted by Gasteiger charge is 2.29. The molecule has 0 unspecified atom stereocenters. The maximum absolute atomic E-state index is 12.9. The summed E-state index contributed by atoms with van der Waals surface area (Å²) in [5, 5.41) is 1.90. The third kappa shape index (κ3) is 4.25. The molecule has 3 aromatic rings. The standard InChI is InChI=1S/C24H27N5O2S/c1-16-5-2-9-25-20(16)15-28-10-3-6-17(13-28)22-26-19-8-11-29(14-18(19)23(30)27-22)24(31)21-7-4-12-32-21/h2,4-5,7,9,12,17H,3,6,8,10-11,13-15H2,1H3,(H,26,27,30)/t17-/m0/s1. The lowest BCUT2D eigenvalue weighted by Gasteiger charge is -2.33. The number of aryl methyl sites for hydroxylation is 1. The smallest absolute Gasteiger partial charge is 0.264 e. The van der Waals surface area contributed by atoms with Crippen molar-refractivity contribution in [1.82, 2.24) is 24.8 Å². The maximum Gasteiger partial charge on any atom is 0.264 e. The molecule has 1 fully saturated rings. The van der Waals surface area contributed by atoms with Gasteiger partial charge in [0.1, 0.15) is 5.82 Å². The molecule has 0 radical (unpaired) electrons. The lowest BCUT2D eigenvalue weighted by molar-refractivity contribution is 0.0737. The minimum Gasteiger partial charge on any atom is -0.333 e. The van der Waals surface area contributed by atoms with Gasteiger partial charge < -0.3 is 9.88 Å². The van der Waals surface area contributed by atoms with Crippen molar-refractivity contribution in [2.45, 2.75) is 45.2 Å². The van der Waals surface area contributed by atoms with E-state index in [-0.39, 0.29) is 17.4 Å². The fourth-order valence-electron chi connectivity index (χ4n) is 4.69. The minimum absolute atomic E-state index is 0.0122. The summed E-state index contributed by atoms with van der Waals surface area (Å²) >= 11 is 1.43. The number of aromatic amines is 1. The summed E-state index contributed by atoms with van der Waals surface area (Å²) in [6.07, 6.45) is 4.55. The molecule has 3 aromatic heterocycles. The Morgan fingerprint density at radius 3 is 3.00 bits per heavy atom. The number of piperidine rings is 1. The number of aromatic nitrogens is 3. The molecule has 32 heavy (non-hydrogen) atoms. The first-order valence-corrected chi connectivity index (χ1v) is 12.0. The van der Waals surface area contributed by atoms with Crippen LogP contribution in [-0.2, 0) is 19.5 Å². The molecule has 5 heterocycles. The van der Waals surface area contributed by atoms with Crippen LogP contribution in [0.15, 0.2) is 40.6 Å². The molecule has 1 amide bonds. The van der Waals surface area contributed by atoms with Crippen LogP contribution < -0.4 is 5.56 Å². The Hall–Kier alpha value is -2.84. The Balaban J connectivity index is 1.31. The largest absolute Gasteiger partial charge is 0.333 e. The molecule has 0 bridgehead atoms. The number of hydrogen-bond donors (Lipinski definition) is 1. The Labute approximate surface area is 191 Å². The normalized spacial score (nSPS) is 19.0. The number of carbonyl (C=O) groups excluding carboxylic acids is 1. The number of hydrogen-bond acceptors (Lipinski definition) is 6. The zero-order valence-electron chi connectivity index (χ0n) is 18.2. The third-order valence-corrected chi connectivity index (χ3v) is 7.35. The number of pyridine rings is 1. The van der Waals surface area contributed by atoms with Crippen LogP contribution in [0, 0.1) is 6.92 Å². The quantitative estimate of drug-likeness (QED) is 0.662. The van der Waals surface area contributed by atoms with Gasteiger partial charge in [-0.15, -0.1) is 11.3 Å². The van der Waals surface area contributed by atoms with E-state index in [0.29, 0.717) is 30.0 Å². The summed E-state index contributed by atoms with van der Waals surface area (Å²) in [4.78, 5) is 43.0. The molecular weight excluding hydrogens is 422 g/mol. The second-order valence-corrected chi connectivity index (χ2v) is 9.62. The first-order valence-electron chi connectivity index (χ1n) is 11.2. The lowest BCUT2D eigenvalue weighted by Crippen LogP contribution is -2.40. The molecule has 5 rings (SSSR count). The molecule has 1 N–H and O–H groups in total. The fourth-order valence-corrected chi connectivity index (χ4v) is 5.38. The summed E-state index contributed by atoms with van der Waals surface area (Å²) in [6, 6.07) is 7.77. The minimum atomic E-state index is -0.105. The van der Waals surface area contributed by atoms with Gasteiger partial charge in [-0.25, -0.2) is 4.98 Å². The van der Waals surface area contributed by atoms with Gasteiger partial charge in [-0.2, -0.15) is 0 Å². The predicted molar refractivity (Wildman–Crippen MR) is 124 cm³/mol. The topological polar surface area (TPSA) is 82.2 Å². The van der Waals surface area contributed by atoms with E-state index in [2.05, 4.69) is 27.9 Å². The Kier molecular flexibility index (Phi) is 5.89. The number of fused-ring (bicyclic) bond motifs is 1. The summed E-state index contributed by atoms with van der Waals surface area (Å²) in [7, 11) is 0. The van der Waals surface area contributed by atoms with Crippen LogP contribution >= 0.6 is 11.3 Å². The van der Waals surface area contributed by atoms with Crippen molar-refractivity contribution >= 4 is 17.2 Å². The van der Waals surface area contributed by atoms with Gasteiger partial charge in [0.15, 0.2) is 0 Å². The highest BCUT2D eigenvalue weighted by Crippen LogP contribution is 2.27. The van der Waals surface area contributed by atoms with E-state index in [1.54, 1.807) is 4.90 Å². The number of amides is 1. The second-order valence-electron chi connectivity index (χ2n) is 8.67. The van der Waals surface area contributed by atoms with Gasteiger partial charge in [-0.3, -0.25) is 19.5 Å². The van der Waals surface area contributed by atoms with Crippen LogP contribution in [-0.4, -0.2) is 50.3 Å². The maximum atomic E-state index is 12.9. The number of H-pyrrole nitrogens is 1. The van der Waals surface area contributed by atoms with Gasteiger partial charge >= 0.3 is 0 Å². The third-order valence-electron chi connectivity index (χ3n) is 6.49. The molecule has 2 aliphatic rings. The monoisotopic (exact) mass is 449 g/mol. The van der Waals surface area contributed by atoms with E-state index in [9.17, 15) is 9.59 Å². The molecular formula is C24H27N5O2S. The summed E-state index contributed by atoms with van der Waals surface area (Å²) < 4.78 is 0. The van der Waals surface area contributed by atoms with Crippen LogP contribution in [0.5, 0.6) is 0 Å². The van der Waals surface area contributed by atoms with Gasteiger partial charge in [-0.05, 0) is 49.4 Å². The molecule has 1 saturated heterocycles. The molecule has 0 aromatic carbocycles. The number of rotatable bonds is 4. The Bertz CT molecular complexity index is 1170. The Morgan fingerprint density at radius 2 is 2.19 bits per heavy atom. The molecule has 0 saturated carbocycles. The van der Waals surface area contributed by atoms with E-state index < -0.39 is 0 Å². The molecule has 8 heteroatoms. The van der Waals surface area contributed by atoms with Gasteiger partial charge in [0.05, 0.1) is 28.4 Å².